The molecule has 6 rings (SSSR count). The molecule has 1 saturated heterocycles. The molecule has 12 heteroatoms. The van der Waals surface area contributed by atoms with Gasteiger partial charge in [-0.15, -0.1) is 0 Å². The van der Waals surface area contributed by atoms with Gasteiger partial charge in [0.15, 0.2) is 11.5 Å². The summed E-state index contributed by atoms with van der Waals surface area (Å²) in [7, 11) is 3.02. The zero-order chi connectivity index (χ0) is 30.4. The number of ether oxygens (including phenoxy) is 2. The Kier molecular flexibility index (Phi) is 7.57. The molecule has 2 unspecified atom stereocenters. The summed E-state index contributed by atoms with van der Waals surface area (Å²) >= 11 is 2.08. The second kappa shape index (κ2) is 11.3. The number of fused-ring (bicyclic) bond motifs is 2. The molecule has 220 valence electrons. The number of methoxy groups -OCH3 is 2. The molecule has 43 heavy (non-hydrogen) atoms. The predicted octanol–water partition coefficient (Wildman–Crippen LogP) is 4.81. The van der Waals surface area contributed by atoms with E-state index in [0.29, 0.717) is 38.3 Å². The van der Waals surface area contributed by atoms with E-state index in [0.717, 1.165) is 28.7 Å². The number of anilines is 2. The van der Waals surface area contributed by atoms with Crippen LogP contribution in [-0.2, 0) is 20.9 Å². The number of thiazole rings is 1. The van der Waals surface area contributed by atoms with E-state index in [1.807, 2.05) is 19.1 Å². The molecular weight excluding hydrogens is 593 g/mol. The van der Waals surface area contributed by atoms with Crippen molar-refractivity contribution in [1.82, 2.24) is 4.57 Å². The molecule has 0 spiro atoms. The van der Waals surface area contributed by atoms with Crippen LogP contribution in [-0.4, -0.2) is 41.8 Å². The number of imide groups is 1. The molecule has 3 heterocycles. The number of aryl methyl sites for hydroxylation is 1. The molecule has 3 aromatic carbocycles. The average Bonchev–Trinajstić information content (AvgIpc) is 3.44. The van der Waals surface area contributed by atoms with Crippen LogP contribution in [0.3, 0.4) is 0 Å². The summed E-state index contributed by atoms with van der Waals surface area (Å²) in [6, 6.07) is 17.7. The van der Waals surface area contributed by atoms with Crippen LogP contribution in [0.5, 0.6) is 11.5 Å². The Morgan fingerprint density at radius 2 is 1.63 bits per heavy atom. The van der Waals surface area contributed by atoms with Gasteiger partial charge >= 0.3 is 4.87 Å². The number of nitrogens with one attached hydrogen (secondary N) is 1. The van der Waals surface area contributed by atoms with Gasteiger partial charge in [-0.05, 0) is 61.0 Å². The third-order valence-electron chi connectivity index (χ3n) is 7.54. The number of amides is 3. The van der Waals surface area contributed by atoms with Crippen LogP contribution in [0, 0.1) is 18.7 Å². The highest BCUT2D eigenvalue weighted by Crippen LogP contribution is 2.54. The topological polar surface area (TPSA) is 107 Å². The van der Waals surface area contributed by atoms with E-state index >= 15 is 0 Å². The first kappa shape index (κ1) is 28.7. The lowest BCUT2D eigenvalue weighted by Gasteiger charge is -2.31. The zero-order valence-electron chi connectivity index (χ0n) is 23.3. The fourth-order valence-corrected chi connectivity index (χ4v) is 8.26. The number of thioether (sulfide) groups is 1. The molecule has 3 atom stereocenters. The van der Waals surface area contributed by atoms with Gasteiger partial charge in [-0.25, -0.2) is 9.29 Å². The van der Waals surface area contributed by atoms with Gasteiger partial charge in [0.1, 0.15) is 17.6 Å². The standard InChI is InChI=1S/C31H26FN3O6S2/c1-16-4-11-20(12-5-16)35-28(37)25-24(17-6-13-21(40-2)22(14-17)41-3)27-30(42-26(25)29(35)38)34(31(39)43-27)15-23(36)33-19-9-7-18(32)8-10-19/h4-14,24-26H,15H2,1-3H3,(H,33,36)/t24-,25?,26?/m0/s1. The minimum absolute atomic E-state index is 0.325. The van der Waals surface area contributed by atoms with Crippen molar-refractivity contribution in [2.75, 3.05) is 24.4 Å². The van der Waals surface area contributed by atoms with Crippen molar-refractivity contribution in [1.29, 1.82) is 0 Å². The summed E-state index contributed by atoms with van der Waals surface area (Å²) in [5.74, 6) is -2.21. The Hall–Kier alpha value is -4.42. The minimum Gasteiger partial charge on any atom is -0.493 e. The number of hydrogen-bond donors (Lipinski definition) is 1. The van der Waals surface area contributed by atoms with E-state index in [2.05, 4.69) is 5.32 Å². The minimum atomic E-state index is -0.834. The van der Waals surface area contributed by atoms with Crippen molar-refractivity contribution in [2.24, 2.45) is 5.92 Å². The molecule has 0 aliphatic carbocycles. The number of rotatable bonds is 7. The van der Waals surface area contributed by atoms with Crippen LogP contribution < -0.4 is 24.6 Å². The summed E-state index contributed by atoms with van der Waals surface area (Å²) in [5.41, 5.74) is 2.51. The van der Waals surface area contributed by atoms with E-state index in [1.54, 1.807) is 30.3 Å². The van der Waals surface area contributed by atoms with E-state index in [-0.39, 0.29) is 18.4 Å². The third-order valence-corrected chi connectivity index (χ3v) is 10.1. The van der Waals surface area contributed by atoms with E-state index in [4.69, 9.17) is 9.47 Å². The van der Waals surface area contributed by atoms with Crippen LogP contribution in [0.2, 0.25) is 0 Å². The predicted molar refractivity (Wildman–Crippen MR) is 162 cm³/mol. The lowest BCUT2D eigenvalue weighted by Crippen LogP contribution is -2.33. The molecule has 1 aromatic heterocycles. The maximum atomic E-state index is 14.1. The lowest BCUT2D eigenvalue weighted by molar-refractivity contribution is -0.122. The molecule has 1 N–H and O–H groups in total. The number of benzene rings is 3. The van der Waals surface area contributed by atoms with Gasteiger partial charge < -0.3 is 14.8 Å². The van der Waals surface area contributed by atoms with Gasteiger partial charge in [-0.2, -0.15) is 0 Å². The lowest BCUT2D eigenvalue weighted by atomic mass is 9.83. The van der Waals surface area contributed by atoms with Crippen LogP contribution in [0.15, 0.2) is 76.6 Å². The molecule has 0 saturated carbocycles. The zero-order valence-corrected chi connectivity index (χ0v) is 25.0. The number of carbonyl (C=O) groups is 3. The first-order valence-corrected chi connectivity index (χ1v) is 15.0. The van der Waals surface area contributed by atoms with E-state index in [1.165, 1.54) is 48.0 Å². The normalized spacial score (nSPS) is 19.2. The summed E-state index contributed by atoms with van der Waals surface area (Å²) in [4.78, 5) is 55.7. The third kappa shape index (κ3) is 5.10. The summed E-state index contributed by atoms with van der Waals surface area (Å²) in [6.07, 6.45) is 0. The van der Waals surface area contributed by atoms with Crippen LogP contribution in [0.1, 0.15) is 21.9 Å². The summed E-state index contributed by atoms with van der Waals surface area (Å²) < 4.78 is 25.6. The monoisotopic (exact) mass is 619 g/mol. The van der Waals surface area contributed by atoms with Gasteiger partial charge in [-0.1, -0.05) is 46.9 Å². The van der Waals surface area contributed by atoms with Crippen molar-refractivity contribution in [3.63, 3.8) is 0 Å². The van der Waals surface area contributed by atoms with E-state index < -0.39 is 33.7 Å². The molecule has 9 nitrogen and oxygen atoms in total. The number of hydrogen-bond acceptors (Lipinski definition) is 8. The van der Waals surface area contributed by atoms with Gasteiger partial charge in [0.25, 0.3) is 0 Å². The van der Waals surface area contributed by atoms with Gasteiger partial charge in [-0.3, -0.25) is 23.7 Å². The maximum absolute atomic E-state index is 14.1. The Morgan fingerprint density at radius 3 is 2.30 bits per heavy atom. The molecule has 0 radical (unpaired) electrons. The highest BCUT2D eigenvalue weighted by molar-refractivity contribution is 8.00. The second-order valence-electron chi connectivity index (χ2n) is 10.2. The molecule has 4 aromatic rings. The highest BCUT2D eigenvalue weighted by atomic mass is 32.2. The Bertz CT molecular complexity index is 1800. The fourth-order valence-electron chi connectivity index (χ4n) is 5.49. The smallest absolute Gasteiger partial charge is 0.308 e. The first-order chi connectivity index (χ1) is 20.7. The summed E-state index contributed by atoms with van der Waals surface area (Å²) in [5, 5.41) is 2.30. The van der Waals surface area contributed by atoms with Crippen LogP contribution >= 0.6 is 23.1 Å². The first-order valence-electron chi connectivity index (χ1n) is 13.3. The van der Waals surface area contributed by atoms with E-state index in [9.17, 15) is 23.6 Å². The quantitative estimate of drug-likeness (QED) is 0.296. The summed E-state index contributed by atoms with van der Waals surface area (Å²) in [6.45, 7) is 1.60. The van der Waals surface area contributed by atoms with Crippen LogP contribution in [0.4, 0.5) is 15.8 Å². The Balaban J connectivity index is 1.43. The number of halogens is 1. The molecule has 0 bridgehead atoms. The largest absolute Gasteiger partial charge is 0.493 e. The molecule has 3 amide bonds. The number of nitrogens with zero attached hydrogens (tertiary/aromatic N) is 2. The van der Waals surface area contributed by atoms with Gasteiger partial charge in [0, 0.05) is 16.5 Å². The highest BCUT2D eigenvalue weighted by Gasteiger charge is 2.57. The van der Waals surface area contributed by atoms with Crippen molar-refractivity contribution >= 4 is 52.2 Å². The number of carbonyl (C=O) groups excluding carboxylic acids is 3. The molecular formula is C31H26FN3O6S2. The molecule has 2 aliphatic heterocycles. The maximum Gasteiger partial charge on any atom is 0.308 e. The second-order valence-corrected chi connectivity index (χ2v) is 12.3. The van der Waals surface area contributed by atoms with Crippen molar-refractivity contribution in [2.45, 2.75) is 29.7 Å². The Labute approximate surface area is 254 Å². The van der Waals surface area contributed by atoms with Gasteiger partial charge in [0.05, 0.1) is 30.9 Å². The van der Waals surface area contributed by atoms with Crippen molar-refractivity contribution < 1.29 is 28.2 Å². The van der Waals surface area contributed by atoms with Crippen molar-refractivity contribution in [3.05, 3.63) is 98.2 Å². The molecule has 1 fully saturated rings. The SMILES string of the molecule is COc1ccc([C@@H]2c3sc(=O)n(CC(=O)Nc4ccc(F)cc4)c3SC3C(=O)N(c4ccc(C)cc4)C(=O)C32)cc1OC. The molecule has 2 aliphatic rings. The van der Waals surface area contributed by atoms with Crippen LogP contribution in [0.25, 0.3) is 0 Å². The fraction of sp³-hybridized carbons (Fsp3) is 0.226. The Morgan fingerprint density at radius 1 is 0.930 bits per heavy atom. The van der Waals surface area contributed by atoms with Gasteiger partial charge in [0.2, 0.25) is 17.7 Å². The average molecular weight is 620 g/mol. The van der Waals surface area contributed by atoms with Crippen molar-refractivity contribution in [3.8, 4) is 11.5 Å². The number of aromatic nitrogens is 1.